The highest BCUT2D eigenvalue weighted by atomic mass is 32.2. The van der Waals surface area contributed by atoms with E-state index in [4.69, 9.17) is 0 Å². The first-order chi connectivity index (χ1) is 9.09. The van der Waals surface area contributed by atoms with Crippen LogP contribution in [-0.2, 0) is 14.8 Å². The van der Waals surface area contributed by atoms with Crippen LogP contribution in [0, 0.1) is 0 Å². The molecule has 6 nitrogen and oxygen atoms in total. The molecule has 0 bridgehead atoms. The Hall–Kier alpha value is -1.47. The molecule has 0 radical (unpaired) electrons. The number of aromatic nitrogens is 1. The van der Waals surface area contributed by atoms with Gasteiger partial charge >= 0.3 is 10.0 Å². The highest BCUT2D eigenvalue weighted by Gasteiger charge is 2.42. The molecule has 2 atom stereocenters. The van der Waals surface area contributed by atoms with Crippen LogP contribution in [0.5, 0.6) is 0 Å². The summed E-state index contributed by atoms with van der Waals surface area (Å²) in [6.07, 6.45) is 2.84. The van der Waals surface area contributed by atoms with Crippen molar-refractivity contribution in [2.75, 3.05) is 19.6 Å². The molecule has 1 unspecified atom stereocenters. The molecule has 1 aromatic rings. The quantitative estimate of drug-likeness (QED) is 0.729. The Morgan fingerprint density at radius 3 is 2.95 bits per heavy atom. The molecule has 0 spiro atoms. The van der Waals surface area contributed by atoms with Crippen LogP contribution in [0.2, 0.25) is 0 Å². The van der Waals surface area contributed by atoms with Crippen molar-refractivity contribution in [1.82, 2.24) is 14.2 Å². The Bertz CT molecular complexity index is 587. The van der Waals surface area contributed by atoms with Crippen LogP contribution in [-0.4, -0.2) is 54.2 Å². The summed E-state index contributed by atoms with van der Waals surface area (Å²) in [7, 11) is -3.28. The summed E-state index contributed by atoms with van der Waals surface area (Å²) in [6, 6.07) is 5.05. The third-order valence-corrected chi connectivity index (χ3v) is 5.54. The maximum absolute atomic E-state index is 12.5. The Morgan fingerprint density at radius 1 is 1.37 bits per heavy atom. The molecule has 2 aliphatic rings. The van der Waals surface area contributed by atoms with Crippen LogP contribution in [0.25, 0.3) is 0 Å². The van der Waals surface area contributed by atoms with Gasteiger partial charge in [0.05, 0.1) is 0 Å². The summed E-state index contributed by atoms with van der Waals surface area (Å²) in [4.78, 5) is 17.4. The summed E-state index contributed by atoms with van der Waals surface area (Å²) in [5.74, 6) is 0.159. The summed E-state index contributed by atoms with van der Waals surface area (Å²) in [6.45, 7) is 1.37. The molecule has 102 valence electrons. The Morgan fingerprint density at radius 2 is 2.21 bits per heavy atom. The van der Waals surface area contributed by atoms with E-state index in [1.165, 1.54) is 6.20 Å². The van der Waals surface area contributed by atoms with Gasteiger partial charge in [0.2, 0.25) is 10.9 Å². The zero-order valence-electron chi connectivity index (χ0n) is 10.4. The molecule has 0 aliphatic carbocycles. The first-order valence-corrected chi connectivity index (χ1v) is 7.78. The number of nitrogens with zero attached hydrogens (tertiary/aromatic N) is 3. The lowest BCUT2D eigenvalue weighted by atomic mass is 10.2. The second-order valence-electron chi connectivity index (χ2n) is 4.83. The molecule has 0 saturated carbocycles. The van der Waals surface area contributed by atoms with Crippen molar-refractivity contribution in [3.05, 3.63) is 24.4 Å². The number of carbonyl (C=O) groups excluding carboxylic acids is 1. The monoisotopic (exact) mass is 282 g/mol. The molecule has 19 heavy (non-hydrogen) atoms. The van der Waals surface area contributed by atoms with Crippen LogP contribution in [0.4, 0.5) is 0 Å². The van der Waals surface area contributed by atoms with E-state index < -0.39 is 10.0 Å². The van der Waals surface area contributed by atoms with Gasteiger partial charge in [0.1, 0.15) is 0 Å². The summed E-state index contributed by atoms with van der Waals surface area (Å²) in [5, 5.41) is 0.188. The molecule has 1 aromatic heterocycles. The average molecular weight is 282 g/mol. The molecule has 1 N–H and O–H groups in total. The zero-order valence-corrected chi connectivity index (χ0v) is 11.3. The van der Waals surface area contributed by atoms with E-state index in [0.29, 0.717) is 26.1 Å². The molecule has 2 fully saturated rings. The maximum Gasteiger partial charge on any atom is 0.393 e. The van der Waals surface area contributed by atoms with Gasteiger partial charge in [-0.15, -0.1) is 0 Å². The Kier molecular flexibility index (Phi) is 3.02. The fourth-order valence-electron chi connectivity index (χ4n) is 2.70. The topological polar surface area (TPSA) is 74.9 Å². The fourth-order valence-corrected chi connectivity index (χ4v) is 4.12. The molecular weight excluding hydrogens is 266 g/mol. The minimum absolute atomic E-state index is 0.0675. The van der Waals surface area contributed by atoms with Crippen LogP contribution in [0.15, 0.2) is 29.4 Å². The van der Waals surface area contributed by atoms with Crippen molar-refractivity contribution < 1.29 is 13.2 Å². The Balaban J connectivity index is 1.83. The van der Waals surface area contributed by atoms with E-state index in [2.05, 4.69) is 4.98 Å². The van der Waals surface area contributed by atoms with Crippen molar-refractivity contribution in [2.45, 2.75) is 23.9 Å². The third kappa shape index (κ3) is 2.12. The van der Waals surface area contributed by atoms with Crippen LogP contribution in [0.3, 0.4) is 0 Å². The Labute approximate surface area is 112 Å². The minimum Gasteiger partial charge on any atom is -0.337 e. The highest BCUT2D eigenvalue weighted by Crippen LogP contribution is 2.25. The number of fused-ring (bicyclic) bond motifs is 1. The largest absolute Gasteiger partial charge is 0.393 e. The van der Waals surface area contributed by atoms with E-state index in [0.717, 1.165) is 6.42 Å². The number of rotatable bonds is 2. The highest BCUT2D eigenvalue weighted by molar-refractivity contribution is 7.89. The zero-order chi connectivity index (χ0) is 13.5. The van der Waals surface area contributed by atoms with Crippen molar-refractivity contribution in [1.29, 1.82) is 0 Å². The lowest BCUT2D eigenvalue weighted by molar-refractivity contribution is -0.130. The number of pyridine rings is 1. The van der Waals surface area contributed by atoms with Gasteiger partial charge in [0, 0.05) is 38.3 Å². The van der Waals surface area contributed by atoms with E-state index in [-0.39, 0.29) is 17.0 Å². The second-order valence-corrected chi connectivity index (χ2v) is 6.76. The average Bonchev–Trinajstić information content (AvgIpc) is 2.81. The van der Waals surface area contributed by atoms with Gasteiger partial charge in [0.25, 0.3) is 0 Å². The van der Waals surface area contributed by atoms with Crippen molar-refractivity contribution >= 4 is 15.9 Å². The van der Waals surface area contributed by atoms with Gasteiger partial charge in [-0.1, -0.05) is 6.07 Å². The fraction of sp³-hybridized carbons (Fsp3) is 0.500. The molecular formula is C12H16N3O3S+. The number of hydrogen-bond donors (Lipinski definition) is 0. The first-order valence-electron chi connectivity index (χ1n) is 6.31. The lowest BCUT2D eigenvalue weighted by Gasteiger charge is -2.34. The van der Waals surface area contributed by atoms with E-state index >= 15 is 0 Å². The van der Waals surface area contributed by atoms with Gasteiger partial charge < -0.3 is 4.90 Å². The number of carbonyl (C=O) groups is 1. The normalized spacial score (nSPS) is 27.1. The minimum atomic E-state index is -3.28. The third-order valence-electron chi connectivity index (χ3n) is 3.72. The number of hydrogen-bond acceptors (Lipinski definition) is 3. The standard InChI is InChI=1S/C12H15N3O3S/c16-12-5-4-10-9-14(7-8-15(10)12)19(17,18)11-3-1-2-6-13-11/h1-3,6,10H,4-5,7-9H2/p+1/t10-/m1/s1. The van der Waals surface area contributed by atoms with E-state index in [1.807, 2.05) is 4.90 Å². The van der Waals surface area contributed by atoms with Gasteiger partial charge in [-0.3, -0.25) is 4.79 Å². The van der Waals surface area contributed by atoms with Crippen LogP contribution >= 0.6 is 0 Å². The van der Waals surface area contributed by atoms with Gasteiger partial charge in [0.15, 0.2) is 0 Å². The summed E-state index contributed by atoms with van der Waals surface area (Å²) in [5.41, 5.74) is 0. The van der Waals surface area contributed by atoms with E-state index in [9.17, 15) is 13.2 Å². The lowest BCUT2D eigenvalue weighted by Crippen LogP contribution is -2.53. The smallest absolute Gasteiger partial charge is 0.337 e. The number of amides is 1. The molecule has 0 aromatic carbocycles. The predicted molar refractivity (Wildman–Crippen MR) is 68.9 cm³/mol. The maximum atomic E-state index is 12.5. The molecule has 2 saturated heterocycles. The molecule has 3 heterocycles. The van der Waals surface area contributed by atoms with Gasteiger partial charge in [-0.25, -0.2) is 9.19 Å². The SMILES string of the molecule is O=C1CC[C@@H]2CN(S(=O)(=[OH+])c3ccccn3)CCN12. The van der Waals surface area contributed by atoms with Crippen molar-refractivity contribution in [3.63, 3.8) is 0 Å². The summed E-state index contributed by atoms with van der Waals surface area (Å²) >= 11 is 0. The van der Waals surface area contributed by atoms with Crippen LogP contribution < -0.4 is 0 Å². The molecule has 3 rings (SSSR count). The molecule has 7 heteroatoms. The number of piperazine rings is 1. The van der Waals surface area contributed by atoms with Gasteiger partial charge in [-0.05, 0) is 18.6 Å². The van der Waals surface area contributed by atoms with Crippen molar-refractivity contribution in [2.24, 2.45) is 0 Å². The first kappa shape index (κ1) is 12.6. The van der Waals surface area contributed by atoms with Crippen LogP contribution in [0.1, 0.15) is 12.8 Å². The van der Waals surface area contributed by atoms with Crippen molar-refractivity contribution in [3.8, 4) is 0 Å². The molecule has 1 amide bonds. The molecule has 2 aliphatic heterocycles. The van der Waals surface area contributed by atoms with Gasteiger partial charge in [-0.2, -0.15) is 8.51 Å². The van der Waals surface area contributed by atoms with E-state index in [1.54, 1.807) is 22.5 Å². The second kappa shape index (κ2) is 4.57. The predicted octanol–water partition coefficient (Wildman–Crippen LogP) is 0.234. The summed E-state index contributed by atoms with van der Waals surface area (Å²) < 4.78 is 24.4.